The fourth-order valence-electron chi connectivity index (χ4n) is 0.307. The predicted octanol–water partition coefficient (Wildman–Crippen LogP) is 0.773. The second kappa shape index (κ2) is 2.33. The third-order valence-electron chi connectivity index (χ3n) is 0.672. The molecule has 0 spiro atoms. The van der Waals surface area contributed by atoms with E-state index in [0.29, 0.717) is 0 Å². The molecule has 3 heteroatoms. The fourth-order valence-corrected chi connectivity index (χ4v) is 0.801. The molecule has 0 bridgehead atoms. The van der Waals surface area contributed by atoms with E-state index in [2.05, 4.69) is 10.2 Å². The Morgan fingerprint density at radius 3 is 3.14 bits per heavy atom. The Kier molecular flexibility index (Phi) is 1.70. The first-order chi connectivity index (χ1) is 3.43. The second-order valence-corrected chi connectivity index (χ2v) is 1.75. The molecule has 0 aromatic rings. The highest BCUT2D eigenvalue weighted by Crippen LogP contribution is 2.17. The van der Waals surface area contributed by atoms with Gasteiger partial charge >= 0.3 is 0 Å². The van der Waals surface area contributed by atoms with Crippen LogP contribution in [0.4, 0.5) is 0 Å². The van der Waals surface area contributed by atoms with Crippen molar-refractivity contribution in [2.45, 2.75) is 6.10 Å². The topological polar surface area (TPSA) is 21.6 Å². The Morgan fingerprint density at radius 2 is 2.86 bits per heavy atom. The molecule has 1 aliphatic heterocycles. The van der Waals surface area contributed by atoms with Crippen LogP contribution in [0.15, 0.2) is 4.40 Å². The third kappa shape index (κ3) is 1.17. The van der Waals surface area contributed by atoms with Crippen molar-refractivity contribution < 1.29 is 4.74 Å². The first-order valence-electron chi connectivity index (χ1n) is 1.91. The molecule has 0 aromatic carbocycles. The summed E-state index contributed by atoms with van der Waals surface area (Å²) in [6.07, 6.45) is 1.73. The second-order valence-electron chi connectivity index (χ2n) is 1.12. The maximum absolute atomic E-state index is 4.83. The van der Waals surface area contributed by atoms with Crippen molar-refractivity contribution in [3.05, 3.63) is 5.75 Å². The number of hydrogen-bond acceptors (Lipinski definition) is 3. The molecule has 0 fully saturated rings. The molecular weight excluding hydrogens is 110 g/mol. The normalized spacial score (nSPS) is 29.0. The summed E-state index contributed by atoms with van der Waals surface area (Å²) in [7, 11) is 1.63. The Balaban J connectivity index is 2.28. The zero-order chi connectivity index (χ0) is 5.11. The molecule has 0 N–H and O–H groups in total. The van der Waals surface area contributed by atoms with E-state index in [1.54, 1.807) is 13.3 Å². The van der Waals surface area contributed by atoms with Gasteiger partial charge in [0, 0.05) is 13.3 Å². The number of methoxy groups -OCH3 is 1. The van der Waals surface area contributed by atoms with Gasteiger partial charge in [-0.3, -0.25) is 0 Å². The molecule has 1 unspecified atom stereocenters. The van der Waals surface area contributed by atoms with Crippen LogP contribution in [0.3, 0.4) is 0 Å². The molecule has 0 aliphatic carbocycles. The molecule has 1 atom stereocenters. The van der Waals surface area contributed by atoms with Crippen LogP contribution in [0.25, 0.3) is 0 Å². The maximum Gasteiger partial charge on any atom is 0.112 e. The first kappa shape index (κ1) is 5.12. The average molecular weight is 115 g/mol. The minimum absolute atomic E-state index is 0.0185. The molecule has 1 aliphatic rings. The summed E-state index contributed by atoms with van der Waals surface area (Å²) in [5.41, 5.74) is 0. The number of rotatable bonds is 1. The molecule has 7 heavy (non-hydrogen) atoms. The quantitative estimate of drug-likeness (QED) is 0.471. The van der Waals surface area contributed by atoms with Gasteiger partial charge in [-0.05, 0) is 11.9 Å². The fraction of sp³-hybridized carbons (Fsp3) is 0.500. The summed E-state index contributed by atoms with van der Waals surface area (Å²) in [5.74, 6) is 2.88. The van der Waals surface area contributed by atoms with Crippen LogP contribution in [0.2, 0.25) is 0 Å². The van der Waals surface area contributed by atoms with Gasteiger partial charge in [0.25, 0.3) is 0 Å². The summed E-state index contributed by atoms with van der Waals surface area (Å²) in [5, 5.41) is 0. The highest BCUT2D eigenvalue weighted by Gasteiger charge is 2.09. The van der Waals surface area contributed by atoms with E-state index >= 15 is 0 Å². The van der Waals surface area contributed by atoms with E-state index in [9.17, 15) is 0 Å². The molecule has 0 amide bonds. The predicted molar refractivity (Wildman–Crippen MR) is 30.1 cm³/mol. The lowest BCUT2D eigenvalue weighted by Crippen LogP contribution is -2.05. The molecule has 2 radical (unpaired) electrons. The highest BCUT2D eigenvalue weighted by molar-refractivity contribution is 8.00. The lowest BCUT2D eigenvalue weighted by Gasteiger charge is -1.96. The zero-order valence-corrected chi connectivity index (χ0v) is 4.73. The number of ether oxygens (including phenoxy) is 1. The van der Waals surface area contributed by atoms with Gasteiger partial charge in [0.2, 0.25) is 0 Å². The standard InChI is InChI=1S/C4H5NOS/c1-6-4-2-5-7-3-4/h2,4H,1H3. The van der Waals surface area contributed by atoms with Gasteiger partial charge < -0.3 is 4.74 Å². The van der Waals surface area contributed by atoms with Crippen molar-refractivity contribution in [2.75, 3.05) is 7.11 Å². The third-order valence-corrected chi connectivity index (χ3v) is 1.24. The van der Waals surface area contributed by atoms with E-state index in [1.807, 2.05) is 0 Å². The van der Waals surface area contributed by atoms with Gasteiger partial charge in [-0.1, -0.05) is 0 Å². The van der Waals surface area contributed by atoms with Crippen molar-refractivity contribution in [2.24, 2.45) is 4.40 Å². The Hall–Kier alpha value is -0.0200. The van der Waals surface area contributed by atoms with E-state index in [1.165, 1.54) is 11.9 Å². The summed E-state index contributed by atoms with van der Waals surface area (Å²) in [6.45, 7) is 0. The summed E-state index contributed by atoms with van der Waals surface area (Å²) < 4.78 is 8.62. The van der Waals surface area contributed by atoms with Gasteiger partial charge in [-0.2, -0.15) is 0 Å². The molecule has 1 rings (SSSR count). The SMILES string of the molecule is COC1[C]SN=C1. The lowest BCUT2D eigenvalue weighted by atomic mass is 10.5. The van der Waals surface area contributed by atoms with Gasteiger partial charge in [-0.25, -0.2) is 4.40 Å². The summed E-state index contributed by atoms with van der Waals surface area (Å²) in [4.78, 5) is 0. The van der Waals surface area contributed by atoms with E-state index in [0.717, 1.165) is 0 Å². The van der Waals surface area contributed by atoms with Crippen LogP contribution in [-0.2, 0) is 4.74 Å². The molecular formula is C4H5NOS. The summed E-state index contributed by atoms with van der Waals surface area (Å²) >= 11 is 1.30. The van der Waals surface area contributed by atoms with Crippen molar-refractivity contribution in [3.63, 3.8) is 0 Å². The van der Waals surface area contributed by atoms with Crippen LogP contribution in [0.5, 0.6) is 0 Å². The van der Waals surface area contributed by atoms with Crippen LogP contribution in [0, 0.1) is 5.75 Å². The average Bonchev–Trinajstić information content (AvgIpc) is 2.14. The monoisotopic (exact) mass is 115 g/mol. The highest BCUT2D eigenvalue weighted by atomic mass is 32.2. The smallest absolute Gasteiger partial charge is 0.112 e. The number of hydrogen-bond donors (Lipinski definition) is 0. The van der Waals surface area contributed by atoms with Gasteiger partial charge in [0.1, 0.15) is 11.9 Å². The molecule has 0 aromatic heterocycles. The molecule has 2 nitrogen and oxygen atoms in total. The van der Waals surface area contributed by atoms with E-state index in [-0.39, 0.29) is 6.10 Å². The molecule has 38 valence electrons. The van der Waals surface area contributed by atoms with Gasteiger partial charge in [0.05, 0.1) is 0 Å². The molecule has 0 saturated carbocycles. The van der Waals surface area contributed by atoms with Crippen molar-refractivity contribution in [1.29, 1.82) is 0 Å². The lowest BCUT2D eigenvalue weighted by molar-refractivity contribution is 0.191. The van der Waals surface area contributed by atoms with Crippen molar-refractivity contribution >= 4 is 18.2 Å². The Morgan fingerprint density at radius 1 is 2.00 bits per heavy atom. The van der Waals surface area contributed by atoms with Crippen LogP contribution in [-0.4, -0.2) is 19.4 Å². The Bertz CT molecular complexity index is 83.8. The largest absolute Gasteiger partial charge is 0.374 e. The minimum atomic E-state index is 0.0185. The van der Waals surface area contributed by atoms with Crippen molar-refractivity contribution in [3.8, 4) is 0 Å². The van der Waals surface area contributed by atoms with Gasteiger partial charge in [0.15, 0.2) is 0 Å². The molecule has 0 saturated heterocycles. The zero-order valence-electron chi connectivity index (χ0n) is 3.92. The van der Waals surface area contributed by atoms with E-state index in [4.69, 9.17) is 4.74 Å². The first-order valence-corrected chi connectivity index (χ1v) is 2.68. The van der Waals surface area contributed by atoms with Crippen molar-refractivity contribution in [1.82, 2.24) is 0 Å². The minimum Gasteiger partial charge on any atom is -0.374 e. The van der Waals surface area contributed by atoms with Crippen LogP contribution >= 0.6 is 11.9 Å². The summed E-state index contributed by atoms with van der Waals surface area (Å²) in [6, 6.07) is 0. The van der Waals surface area contributed by atoms with E-state index < -0.39 is 0 Å². The molecule has 1 heterocycles. The number of nitrogens with zero attached hydrogens (tertiary/aromatic N) is 1. The van der Waals surface area contributed by atoms with Crippen LogP contribution < -0.4 is 0 Å². The Labute approximate surface area is 47.1 Å². The van der Waals surface area contributed by atoms with Gasteiger partial charge in [-0.15, -0.1) is 0 Å². The maximum atomic E-state index is 4.83. The van der Waals surface area contributed by atoms with Crippen LogP contribution in [0.1, 0.15) is 0 Å².